The van der Waals surface area contributed by atoms with Gasteiger partial charge >= 0.3 is 0 Å². The van der Waals surface area contributed by atoms with Gasteiger partial charge in [-0.2, -0.15) is 0 Å². The first-order valence-electron chi connectivity index (χ1n) is 9.15. The maximum Gasteiger partial charge on any atom is 0.227 e. The Morgan fingerprint density at radius 2 is 1.54 bits per heavy atom. The number of benzene rings is 3. The van der Waals surface area contributed by atoms with Crippen LogP contribution in [0.2, 0.25) is 0 Å². The van der Waals surface area contributed by atoms with Crippen LogP contribution in [-0.2, 0) is 17.2 Å². The molecule has 0 radical (unpaired) electrons. The molecule has 0 fully saturated rings. The van der Waals surface area contributed by atoms with Crippen molar-refractivity contribution >= 4 is 22.5 Å². The maximum atomic E-state index is 6.17. The third-order valence-corrected chi connectivity index (χ3v) is 4.77. The van der Waals surface area contributed by atoms with Gasteiger partial charge in [0.2, 0.25) is 6.29 Å². The fraction of sp³-hybridized carbons (Fsp3) is 0.125. The van der Waals surface area contributed by atoms with Crippen LogP contribution in [0.1, 0.15) is 23.1 Å². The number of pyridine rings is 1. The van der Waals surface area contributed by atoms with Gasteiger partial charge in [0.05, 0.1) is 17.8 Å². The molecule has 28 heavy (non-hydrogen) atoms. The van der Waals surface area contributed by atoms with E-state index < -0.39 is 6.29 Å². The van der Waals surface area contributed by atoms with Gasteiger partial charge in [0.15, 0.2) is 0 Å². The summed E-state index contributed by atoms with van der Waals surface area (Å²) >= 11 is 6.14. The Morgan fingerprint density at radius 3 is 2.39 bits per heavy atom. The molecule has 1 atom stereocenters. The van der Waals surface area contributed by atoms with E-state index in [9.17, 15) is 0 Å². The largest absolute Gasteiger partial charge is 0.461 e. The van der Waals surface area contributed by atoms with Gasteiger partial charge in [-0.3, -0.25) is 4.98 Å². The molecule has 0 amide bonds. The lowest BCUT2D eigenvalue weighted by Gasteiger charge is -2.22. The van der Waals surface area contributed by atoms with E-state index in [0.717, 1.165) is 33.5 Å². The van der Waals surface area contributed by atoms with E-state index >= 15 is 0 Å². The fourth-order valence-electron chi connectivity index (χ4n) is 3.05. The number of hydrogen-bond donors (Lipinski definition) is 0. The first-order valence-corrected chi connectivity index (χ1v) is 9.69. The summed E-state index contributed by atoms with van der Waals surface area (Å²) in [7, 11) is 0. The normalized spacial score (nSPS) is 12.0. The van der Waals surface area contributed by atoms with Crippen LogP contribution in [0.15, 0.2) is 91.0 Å². The molecule has 0 aliphatic heterocycles. The van der Waals surface area contributed by atoms with Crippen molar-refractivity contribution in [1.29, 1.82) is 0 Å². The number of hydrogen-bond acceptors (Lipinski definition) is 3. The summed E-state index contributed by atoms with van der Waals surface area (Å²) < 4.78 is 12.3. The second-order valence-electron chi connectivity index (χ2n) is 6.40. The van der Waals surface area contributed by atoms with Crippen molar-refractivity contribution in [2.24, 2.45) is 0 Å². The summed E-state index contributed by atoms with van der Waals surface area (Å²) in [6.07, 6.45) is -0.578. The summed E-state index contributed by atoms with van der Waals surface area (Å²) in [6, 6.07) is 29.6. The van der Waals surface area contributed by atoms with Crippen LogP contribution >= 0.6 is 11.6 Å². The van der Waals surface area contributed by atoms with E-state index in [1.165, 1.54) is 0 Å². The quantitative estimate of drug-likeness (QED) is 0.276. The molecule has 1 heterocycles. The number of aromatic nitrogens is 1. The minimum absolute atomic E-state index is 0.332. The lowest BCUT2D eigenvalue weighted by Crippen LogP contribution is -2.14. The van der Waals surface area contributed by atoms with Crippen LogP contribution in [0, 0.1) is 0 Å². The van der Waals surface area contributed by atoms with Gasteiger partial charge in [-0.15, -0.1) is 11.6 Å². The lowest BCUT2D eigenvalue weighted by molar-refractivity contribution is -0.0941. The van der Waals surface area contributed by atoms with Crippen molar-refractivity contribution in [3.05, 3.63) is 108 Å². The molecule has 1 unspecified atom stereocenters. The summed E-state index contributed by atoms with van der Waals surface area (Å²) in [5.74, 6) is 1.13. The Hall–Kier alpha value is -2.88. The number of para-hydroxylation sites is 2. The highest BCUT2D eigenvalue weighted by atomic mass is 35.5. The molecular formula is C24H20ClNO2. The van der Waals surface area contributed by atoms with Gasteiger partial charge in [0.25, 0.3) is 0 Å². The Balaban J connectivity index is 1.59. The Bertz CT molecular complexity index is 1050. The second kappa shape index (κ2) is 8.87. The highest BCUT2D eigenvalue weighted by molar-refractivity contribution is 6.17. The van der Waals surface area contributed by atoms with Crippen LogP contribution in [0.25, 0.3) is 10.9 Å². The van der Waals surface area contributed by atoms with Crippen LogP contribution in [0.4, 0.5) is 0 Å². The SMILES string of the molecule is ClCc1ccccc1C(OCc1ccc2ccccc2n1)Oc1ccccc1. The zero-order valence-electron chi connectivity index (χ0n) is 15.3. The van der Waals surface area contributed by atoms with E-state index in [4.69, 9.17) is 21.1 Å². The van der Waals surface area contributed by atoms with E-state index in [1.807, 2.05) is 84.9 Å². The fourth-order valence-corrected chi connectivity index (χ4v) is 3.29. The Kier molecular flexibility index (Phi) is 5.86. The predicted octanol–water partition coefficient (Wildman–Crippen LogP) is 6.27. The molecule has 140 valence electrons. The Labute approximate surface area is 169 Å². The number of fused-ring (bicyclic) bond motifs is 1. The molecule has 0 aliphatic rings. The average molecular weight is 390 g/mol. The van der Waals surface area contributed by atoms with Crippen molar-refractivity contribution in [2.75, 3.05) is 0 Å². The van der Waals surface area contributed by atoms with Crippen molar-refractivity contribution in [3.63, 3.8) is 0 Å². The molecule has 1 aromatic heterocycles. The van der Waals surface area contributed by atoms with Crippen molar-refractivity contribution in [2.45, 2.75) is 18.8 Å². The topological polar surface area (TPSA) is 31.4 Å². The first kappa shape index (κ1) is 18.5. The van der Waals surface area contributed by atoms with Gasteiger partial charge in [0.1, 0.15) is 5.75 Å². The molecule has 0 aliphatic carbocycles. The van der Waals surface area contributed by atoms with Crippen molar-refractivity contribution in [1.82, 2.24) is 4.98 Å². The van der Waals surface area contributed by atoms with Gasteiger partial charge in [-0.1, -0.05) is 66.7 Å². The molecule has 0 bridgehead atoms. The van der Waals surface area contributed by atoms with E-state index in [1.54, 1.807) is 0 Å². The van der Waals surface area contributed by atoms with Crippen molar-refractivity contribution < 1.29 is 9.47 Å². The molecule has 0 saturated carbocycles. The van der Waals surface area contributed by atoms with Gasteiger partial charge in [-0.25, -0.2) is 0 Å². The van der Waals surface area contributed by atoms with Gasteiger partial charge in [0, 0.05) is 16.8 Å². The van der Waals surface area contributed by atoms with Gasteiger partial charge in [-0.05, 0) is 29.8 Å². The number of halogens is 1. The number of ether oxygens (including phenoxy) is 2. The van der Waals surface area contributed by atoms with Gasteiger partial charge < -0.3 is 9.47 Å². The highest BCUT2D eigenvalue weighted by Gasteiger charge is 2.18. The summed E-state index contributed by atoms with van der Waals surface area (Å²) in [4.78, 5) is 4.68. The summed E-state index contributed by atoms with van der Waals surface area (Å²) in [5.41, 5.74) is 3.70. The highest BCUT2D eigenvalue weighted by Crippen LogP contribution is 2.27. The van der Waals surface area contributed by atoms with Crippen LogP contribution in [0.3, 0.4) is 0 Å². The zero-order valence-corrected chi connectivity index (χ0v) is 16.0. The summed E-state index contributed by atoms with van der Waals surface area (Å²) in [5, 5.41) is 1.11. The average Bonchev–Trinajstić information content (AvgIpc) is 2.77. The molecule has 4 aromatic rings. The standard InChI is InChI=1S/C24H20ClNO2/c25-16-19-9-4-6-12-22(19)24(28-21-10-2-1-3-11-21)27-17-20-15-14-18-8-5-7-13-23(18)26-20/h1-15,24H,16-17H2. The lowest BCUT2D eigenvalue weighted by atomic mass is 10.1. The molecule has 3 aromatic carbocycles. The Morgan fingerprint density at radius 1 is 0.786 bits per heavy atom. The zero-order chi connectivity index (χ0) is 19.2. The molecule has 4 heteroatoms. The molecule has 4 rings (SSSR count). The molecule has 0 saturated heterocycles. The van der Waals surface area contributed by atoms with E-state index in [-0.39, 0.29) is 0 Å². The summed E-state index contributed by atoms with van der Waals surface area (Å²) in [6.45, 7) is 0.332. The molecule has 3 nitrogen and oxygen atoms in total. The monoisotopic (exact) mass is 389 g/mol. The van der Waals surface area contributed by atoms with E-state index in [2.05, 4.69) is 11.1 Å². The molecular weight excluding hydrogens is 370 g/mol. The van der Waals surface area contributed by atoms with Crippen molar-refractivity contribution in [3.8, 4) is 5.75 Å². The molecule has 0 N–H and O–H groups in total. The number of nitrogens with zero attached hydrogens (tertiary/aromatic N) is 1. The van der Waals surface area contributed by atoms with Crippen LogP contribution in [0.5, 0.6) is 5.75 Å². The minimum Gasteiger partial charge on any atom is -0.461 e. The minimum atomic E-state index is -0.578. The third kappa shape index (κ3) is 4.33. The maximum absolute atomic E-state index is 6.17. The smallest absolute Gasteiger partial charge is 0.227 e. The number of alkyl halides is 1. The number of rotatable bonds is 7. The first-order chi connectivity index (χ1) is 13.8. The second-order valence-corrected chi connectivity index (χ2v) is 6.67. The predicted molar refractivity (Wildman–Crippen MR) is 112 cm³/mol. The van der Waals surface area contributed by atoms with Crippen LogP contribution in [-0.4, -0.2) is 4.98 Å². The molecule has 0 spiro atoms. The third-order valence-electron chi connectivity index (χ3n) is 4.48. The van der Waals surface area contributed by atoms with Crippen LogP contribution < -0.4 is 4.74 Å². The van der Waals surface area contributed by atoms with E-state index in [0.29, 0.717) is 12.5 Å².